The molecule has 34 nitrogen and oxygen atoms in total. The molecule has 4 heterocycles. The molecular formula is C93H73N19O15S3. The van der Waals surface area contributed by atoms with E-state index in [2.05, 4.69) is 96.6 Å². The molecular weight excluding hydrogens is 1720 g/mol. The van der Waals surface area contributed by atoms with Crippen molar-refractivity contribution in [2.24, 2.45) is 40.9 Å². The predicted octanol–water partition coefficient (Wildman–Crippen LogP) is 20.7. The number of phenols is 4. The first-order chi connectivity index (χ1) is 63.1. The number of phenolic OH excluding ortho intramolecular Hbond substituents is 4. The normalized spacial score (nSPS) is 11.2. The highest BCUT2D eigenvalue weighted by atomic mass is 32.1. The Labute approximate surface area is 748 Å². The predicted molar refractivity (Wildman–Crippen MR) is 495 cm³/mol. The third-order valence-corrected chi connectivity index (χ3v) is 21.9. The standard InChI is InChI=1S/C27H21N5O4S.C23H18N4O4S.C22H17N5O4.C21H17N5O3S/c1-15(34)28-19-10-11-23-21(13-19)27(37-32-23)31-30-24-20-5-3-2-4-17(20)12-22(25(24)35)26(36)29-18-8-6-16(14-33)7-9-18;1-13-19(12-29)23(32-27-13)26-25-20-17-5-3-2-4-15(17)10-18(21(20)30)22(31)24-16-8-6-14(11-28)7-9-16;28-11-13-5-7-16(8-6-13)24-22(31)18-9-14-3-1-2-4-17(14)19(20(18)30)25-27-21-15(12-29)10-23-26-21;1-12-23-25-21(30-12)26-24-18-16-5-3-2-4-14(16)10-17(19(18)28)20(29)22-15-8-6-13(11-27)7-9-15/h2-13,33,35H,14H2,1H3,(H,28,34)(H,29,36);2-10,12,28,30H,11H2,1H3,(H,24,31);1-10,12,28,30H,11H2,(H,23,26)(H,24,31);2-10,27-28H,11H2,1H3,(H,22,29). The molecule has 0 aliphatic heterocycles. The van der Waals surface area contributed by atoms with E-state index in [1.165, 1.54) is 24.5 Å². The lowest BCUT2D eigenvalue weighted by Crippen LogP contribution is -2.12. The molecule has 0 saturated carbocycles. The number of anilines is 5. The molecule has 13 aromatic carbocycles. The van der Waals surface area contributed by atoms with Gasteiger partial charge >= 0.3 is 0 Å². The molecule has 17 aromatic rings. The zero-order chi connectivity index (χ0) is 91.5. The van der Waals surface area contributed by atoms with Gasteiger partial charge in [-0.2, -0.15) is 13.8 Å². The topological polar surface area (TPSA) is 521 Å². The Kier molecular flexibility index (Phi) is 28.5. The summed E-state index contributed by atoms with van der Waals surface area (Å²) in [5, 5.41) is 149. The Balaban J connectivity index is 0.000000140. The molecule has 0 aliphatic rings. The van der Waals surface area contributed by atoms with Crippen molar-refractivity contribution >= 4 is 203 Å². The van der Waals surface area contributed by atoms with Gasteiger partial charge in [0.05, 0.1) is 77.2 Å². The third-order valence-electron chi connectivity index (χ3n) is 19.6. The van der Waals surface area contributed by atoms with Crippen LogP contribution in [0.2, 0.25) is 0 Å². The van der Waals surface area contributed by atoms with Gasteiger partial charge in [-0.3, -0.25) is 38.7 Å². The van der Waals surface area contributed by atoms with Crippen LogP contribution in [0, 0.1) is 13.8 Å². The number of carbonyl (C=O) groups excluding carboxylic acids is 7. The van der Waals surface area contributed by atoms with Crippen LogP contribution in [0.3, 0.4) is 0 Å². The number of aryl methyl sites for hydroxylation is 2. The van der Waals surface area contributed by atoms with Crippen molar-refractivity contribution in [2.45, 2.75) is 47.2 Å². The lowest BCUT2D eigenvalue weighted by atomic mass is 10.0. The number of aldehydes is 2. The fourth-order valence-electron chi connectivity index (χ4n) is 13.0. The number of aromatic hydroxyl groups is 4. The molecule has 0 atom stereocenters. The van der Waals surface area contributed by atoms with Crippen LogP contribution in [0.5, 0.6) is 23.0 Å². The van der Waals surface area contributed by atoms with Gasteiger partial charge < -0.3 is 67.4 Å². The lowest BCUT2D eigenvalue weighted by molar-refractivity contribution is -0.114. The zero-order valence-electron chi connectivity index (χ0n) is 68.6. The van der Waals surface area contributed by atoms with Gasteiger partial charge in [0.15, 0.2) is 51.4 Å². The van der Waals surface area contributed by atoms with Gasteiger partial charge in [-0.1, -0.05) is 157 Å². The highest BCUT2D eigenvalue weighted by Crippen LogP contribution is 2.46. The molecule has 0 radical (unpaired) electrons. The molecule has 5 amide bonds. The second-order valence-electron chi connectivity index (χ2n) is 28.3. The Morgan fingerprint density at radius 3 is 1.09 bits per heavy atom. The number of rotatable bonds is 23. The fourth-order valence-corrected chi connectivity index (χ4v) is 14.8. The van der Waals surface area contributed by atoms with E-state index >= 15 is 0 Å². The molecule has 0 fully saturated rings. The Hall–Kier alpha value is -16.7. The highest BCUT2D eigenvalue weighted by molar-refractivity contribution is 7.14. The minimum Gasteiger partial charge on any atom is -0.505 e. The highest BCUT2D eigenvalue weighted by Gasteiger charge is 2.25. The van der Waals surface area contributed by atoms with Crippen LogP contribution in [0.4, 0.5) is 72.1 Å². The number of azo groups is 4. The van der Waals surface area contributed by atoms with E-state index < -0.39 is 23.6 Å². The molecule has 0 saturated heterocycles. The zero-order valence-corrected chi connectivity index (χ0v) is 71.0. The largest absolute Gasteiger partial charge is 0.505 e. The quantitative estimate of drug-likeness (QED) is 0.0209. The van der Waals surface area contributed by atoms with Crippen LogP contribution in [-0.2, 0) is 31.2 Å². The molecule has 648 valence electrons. The summed E-state index contributed by atoms with van der Waals surface area (Å²) < 4.78 is 8.48. The van der Waals surface area contributed by atoms with Crippen LogP contribution >= 0.6 is 34.4 Å². The van der Waals surface area contributed by atoms with Crippen molar-refractivity contribution in [3.05, 3.63) is 309 Å². The number of H-pyrrole nitrogens is 1. The minimum absolute atomic E-state index is 0.0131. The third kappa shape index (κ3) is 21.1. The van der Waals surface area contributed by atoms with Crippen molar-refractivity contribution < 1.29 is 74.4 Å². The summed E-state index contributed by atoms with van der Waals surface area (Å²) in [4.78, 5) is 85.5. The number of aliphatic hydroxyl groups is 4. The first-order valence-electron chi connectivity index (χ1n) is 39.2. The van der Waals surface area contributed by atoms with Crippen molar-refractivity contribution in [1.82, 2.24) is 29.1 Å². The number of hydrogen-bond donors (Lipinski definition) is 14. The monoisotopic (exact) mass is 1790 g/mol. The van der Waals surface area contributed by atoms with Gasteiger partial charge in [0.1, 0.15) is 27.8 Å². The van der Waals surface area contributed by atoms with Crippen molar-refractivity contribution in [1.29, 1.82) is 0 Å². The molecule has 17 rings (SSSR count). The number of fused-ring (bicyclic) bond motifs is 5. The number of nitrogens with zero attached hydrogens (tertiary/aromatic N) is 13. The number of aliphatic hydroxyl groups excluding tert-OH is 4. The number of benzene rings is 13. The summed E-state index contributed by atoms with van der Waals surface area (Å²) >= 11 is 3.43. The van der Waals surface area contributed by atoms with Crippen LogP contribution in [0.25, 0.3) is 54.0 Å². The van der Waals surface area contributed by atoms with Gasteiger partial charge in [0.25, 0.3) is 28.8 Å². The lowest BCUT2D eigenvalue weighted by Gasteiger charge is -2.11. The van der Waals surface area contributed by atoms with E-state index in [1.54, 1.807) is 201 Å². The molecule has 37 heteroatoms. The Bertz CT molecular complexity index is 7290. The van der Waals surface area contributed by atoms with Crippen molar-refractivity contribution in [3.8, 4) is 23.0 Å². The summed E-state index contributed by atoms with van der Waals surface area (Å²) in [5.41, 5.74) is 8.05. The van der Waals surface area contributed by atoms with E-state index in [1.807, 2.05) is 49.4 Å². The van der Waals surface area contributed by atoms with Gasteiger partial charge in [0.2, 0.25) is 5.91 Å². The van der Waals surface area contributed by atoms with E-state index in [9.17, 15) is 59.1 Å². The van der Waals surface area contributed by atoms with Gasteiger partial charge in [-0.25, -0.2) is 0 Å². The second kappa shape index (κ2) is 41.4. The van der Waals surface area contributed by atoms with Crippen LogP contribution < -0.4 is 26.6 Å². The average molecular weight is 1790 g/mol. The fraction of sp³-hybridized carbons (Fsp3) is 0.0753. The number of hydrogen-bond acceptors (Lipinski definition) is 31. The SMILES string of the molecule is CC(=O)Nc1ccc2nsc(N=Nc3c(O)c(C(=O)Nc4ccc(CO)cc4)cc4ccccc34)c2c1.Cc1nnc(N=Nc2c(O)c(C(=O)Nc3ccc(CO)cc3)cc3ccccc23)s1.Cc1nsc(N=Nc2c(O)c(C(=O)Nc3ccc(CO)cc3)cc3ccccc23)c1C=O.O=Cc1cn[nH]c1N=Nc1c(O)c(C(=O)Nc2ccc(CO)cc2)cc2ccccc12. The smallest absolute Gasteiger partial charge is 0.259 e. The van der Waals surface area contributed by atoms with Crippen LogP contribution in [-0.4, -0.2) is 112 Å². The van der Waals surface area contributed by atoms with Gasteiger partial charge in [0, 0.05) is 62.3 Å². The number of nitrogens with one attached hydrogen (secondary N) is 6. The first-order valence-corrected chi connectivity index (χ1v) is 41.5. The summed E-state index contributed by atoms with van der Waals surface area (Å²) in [6, 6.07) is 67.3. The van der Waals surface area contributed by atoms with Gasteiger partial charge in [-0.15, -0.1) is 51.1 Å². The van der Waals surface area contributed by atoms with Gasteiger partial charge in [-0.05, 0) is 172 Å². The summed E-state index contributed by atoms with van der Waals surface area (Å²) in [6.07, 6.45) is 2.56. The number of aromatic amines is 1. The second-order valence-corrected chi connectivity index (χ2v) is 31.0. The molecule has 0 bridgehead atoms. The minimum atomic E-state index is -0.536. The molecule has 4 aromatic heterocycles. The number of carbonyl (C=O) groups is 7. The van der Waals surface area contributed by atoms with Crippen molar-refractivity contribution in [2.75, 3.05) is 26.6 Å². The number of amides is 5. The Morgan fingerprint density at radius 1 is 0.385 bits per heavy atom. The van der Waals surface area contributed by atoms with Crippen LogP contribution in [0.1, 0.15) is 102 Å². The first kappa shape index (κ1) is 89.6. The average Bonchev–Trinajstić information content (AvgIpc) is 0.826. The maximum Gasteiger partial charge on any atom is 0.259 e. The maximum atomic E-state index is 13.1. The number of aromatic nitrogens is 6. The summed E-state index contributed by atoms with van der Waals surface area (Å²) in [5.74, 6) is -3.38. The van der Waals surface area contributed by atoms with E-state index in [-0.39, 0.29) is 112 Å². The Morgan fingerprint density at radius 2 is 0.738 bits per heavy atom. The van der Waals surface area contributed by atoms with Crippen molar-refractivity contribution in [3.63, 3.8) is 0 Å². The molecule has 130 heavy (non-hydrogen) atoms. The molecule has 0 spiro atoms. The molecule has 0 aliphatic carbocycles. The van der Waals surface area contributed by atoms with Crippen LogP contribution in [0.15, 0.2) is 284 Å². The maximum absolute atomic E-state index is 13.1. The van der Waals surface area contributed by atoms with E-state index in [0.29, 0.717) is 133 Å². The molecule has 0 unspecified atom stereocenters. The summed E-state index contributed by atoms with van der Waals surface area (Å²) in [6.45, 7) is 4.55. The summed E-state index contributed by atoms with van der Waals surface area (Å²) in [7, 11) is 0. The van der Waals surface area contributed by atoms with E-state index in [4.69, 9.17) is 15.3 Å². The molecule has 14 N–H and O–H groups in total. The van der Waals surface area contributed by atoms with E-state index in [0.717, 1.165) is 39.0 Å².